The zero-order chi connectivity index (χ0) is 16.4. The van der Waals surface area contributed by atoms with Crippen molar-refractivity contribution in [3.05, 3.63) is 51.7 Å². The molecule has 7 heteroatoms. The molecule has 2 aromatic rings. The third-order valence-corrected chi connectivity index (χ3v) is 4.35. The van der Waals surface area contributed by atoms with Gasteiger partial charge in [0, 0.05) is 5.56 Å². The Kier molecular flexibility index (Phi) is 4.12. The molecule has 0 unspecified atom stereocenters. The molecular weight excluding hydrogens is 318 g/mol. The van der Waals surface area contributed by atoms with E-state index >= 15 is 0 Å². The molecule has 0 bridgehead atoms. The first-order chi connectivity index (χ1) is 11.1. The number of carbonyl (C=O) groups excluding carboxylic acids is 3. The third-order valence-electron chi connectivity index (χ3n) is 3.46. The second kappa shape index (κ2) is 6.21. The molecule has 1 aromatic heterocycles. The van der Waals surface area contributed by atoms with E-state index in [1.54, 1.807) is 35.7 Å². The molecule has 0 spiro atoms. The van der Waals surface area contributed by atoms with Gasteiger partial charge in [-0.1, -0.05) is 18.2 Å². The molecule has 3 rings (SSSR count). The summed E-state index contributed by atoms with van der Waals surface area (Å²) in [6, 6.07) is 8.60. The van der Waals surface area contributed by atoms with Crippen LogP contribution in [0, 0.1) is 0 Å². The molecule has 1 aliphatic rings. The quantitative estimate of drug-likeness (QED) is 0.871. The number of rotatable bonds is 4. The molecule has 6 nitrogen and oxygen atoms in total. The zero-order valence-electron chi connectivity index (χ0n) is 12.2. The van der Waals surface area contributed by atoms with E-state index in [0.29, 0.717) is 21.7 Å². The molecule has 1 amide bonds. The summed E-state index contributed by atoms with van der Waals surface area (Å²) in [4.78, 5) is 35.9. The van der Waals surface area contributed by atoms with E-state index in [9.17, 15) is 14.4 Å². The molecule has 1 N–H and O–H groups in total. The fraction of sp³-hybridized carbons (Fsp3) is 0.188. The number of nitrogens with one attached hydrogen (secondary N) is 1. The molecule has 0 saturated carbocycles. The van der Waals surface area contributed by atoms with Gasteiger partial charge in [0.2, 0.25) is 5.91 Å². The summed E-state index contributed by atoms with van der Waals surface area (Å²) in [5, 5.41) is 4.34. The summed E-state index contributed by atoms with van der Waals surface area (Å²) < 4.78 is 9.89. The maximum Gasteiger partial charge on any atom is 0.350 e. The van der Waals surface area contributed by atoms with E-state index in [1.807, 2.05) is 0 Å². The second-order valence-corrected chi connectivity index (χ2v) is 5.80. The van der Waals surface area contributed by atoms with Crippen molar-refractivity contribution < 1.29 is 23.9 Å². The topological polar surface area (TPSA) is 81.7 Å². The van der Waals surface area contributed by atoms with Crippen molar-refractivity contribution >= 4 is 34.9 Å². The number of carbonyl (C=O) groups is 3. The van der Waals surface area contributed by atoms with E-state index in [2.05, 4.69) is 10.1 Å². The van der Waals surface area contributed by atoms with Crippen LogP contribution in [0.4, 0.5) is 5.69 Å². The lowest BCUT2D eigenvalue weighted by Crippen LogP contribution is -2.17. The van der Waals surface area contributed by atoms with Crippen LogP contribution in [-0.4, -0.2) is 25.0 Å². The highest BCUT2D eigenvalue weighted by Gasteiger charge is 2.32. The minimum Gasteiger partial charge on any atom is -0.465 e. The monoisotopic (exact) mass is 331 g/mol. The number of amides is 1. The average molecular weight is 331 g/mol. The number of ether oxygens (including phenoxy) is 2. The maximum absolute atomic E-state index is 12.2. The maximum atomic E-state index is 12.2. The minimum atomic E-state index is -0.612. The van der Waals surface area contributed by atoms with Gasteiger partial charge in [0.25, 0.3) is 0 Å². The van der Waals surface area contributed by atoms with Crippen molar-refractivity contribution in [1.29, 1.82) is 0 Å². The van der Waals surface area contributed by atoms with Crippen LogP contribution in [0.5, 0.6) is 0 Å². The molecule has 1 aromatic carbocycles. The summed E-state index contributed by atoms with van der Waals surface area (Å²) in [6.07, 6.45) is -0.627. The average Bonchev–Trinajstić information content (AvgIpc) is 3.12. The number of methoxy groups -OCH3 is 1. The highest BCUT2D eigenvalue weighted by molar-refractivity contribution is 7.12. The standard InChI is InChI=1S/C16H13NO5S/c1-21-16(20)14-11(6-7-23-14)17-13(18)8-12-9-4-2-3-5-10(9)15(19)22-12/h2-7,12H,8H2,1H3,(H,17,18)/t12-/m0/s1. The van der Waals surface area contributed by atoms with Gasteiger partial charge in [0.1, 0.15) is 11.0 Å². The molecule has 0 saturated heterocycles. The van der Waals surface area contributed by atoms with Crippen molar-refractivity contribution in [3.8, 4) is 0 Å². The predicted molar refractivity (Wildman–Crippen MR) is 83.5 cm³/mol. The van der Waals surface area contributed by atoms with Crippen molar-refractivity contribution in [1.82, 2.24) is 0 Å². The number of esters is 2. The normalized spacial score (nSPS) is 15.7. The zero-order valence-corrected chi connectivity index (χ0v) is 13.0. The second-order valence-electron chi connectivity index (χ2n) is 4.89. The number of hydrogen-bond acceptors (Lipinski definition) is 6. The van der Waals surface area contributed by atoms with Gasteiger partial charge in [-0.2, -0.15) is 0 Å². The van der Waals surface area contributed by atoms with Gasteiger partial charge in [0.15, 0.2) is 0 Å². The van der Waals surface area contributed by atoms with Gasteiger partial charge in [0.05, 0.1) is 24.8 Å². The van der Waals surface area contributed by atoms with E-state index in [1.165, 1.54) is 18.4 Å². The Balaban J connectivity index is 1.71. The number of hydrogen-bond donors (Lipinski definition) is 1. The van der Waals surface area contributed by atoms with Crippen molar-refractivity contribution in [3.63, 3.8) is 0 Å². The summed E-state index contributed by atoms with van der Waals surface area (Å²) in [5.74, 6) is -1.28. The summed E-state index contributed by atoms with van der Waals surface area (Å²) >= 11 is 1.18. The lowest BCUT2D eigenvalue weighted by Gasteiger charge is -2.11. The molecule has 0 radical (unpaired) electrons. The first-order valence-corrected chi connectivity index (χ1v) is 7.73. The van der Waals surface area contributed by atoms with Gasteiger partial charge in [-0.05, 0) is 17.5 Å². The minimum absolute atomic E-state index is 0.0147. The number of fused-ring (bicyclic) bond motifs is 1. The Morgan fingerprint density at radius 2 is 2.09 bits per heavy atom. The largest absolute Gasteiger partial charge is 0.465 e. The van der Waals surface area contributed by atoms with Crippen molar-refractivity contribution in [2.45, 2.75) is 12.5 Å². The van der Waals surface area contributed by atoms with Crippen molar-refractivity contribution in [2.24, 2.45) is 0 Å². The van der Waals surface area contributed by atoms with Crippen LogP contribution in [-0.2, 0) is 14.3 Å². The molecular formula is C16H13NO5S. The summed E-state index contributed by atoms with van der Waals surface area (Å²) in [6.45, 7) is 0. The molecule has 2 heterocycles. The lowest BCUT2D eigenvalue weighted by molar-refractivity contribution is -0.118. The van der Waals surface area contributed by atoms with Crippen LogP contribution in [0.1, 0.15) is 38.1 Å². The molecule has 118 valence electrons. The van der Waals surface area contributed by atoms with Crippen LogP contribution in [0.25, 0.3) is 0 Å². The van der Waals surface area contributed by atoms with E-state index < -0.39 is 18.0 Å². The molecule has 1 atom stereocenters. The van der Waals surface area contributed by atoms with E-state index in [-0.39, 0.29) is 12.3 Å². The van der Waals surface area contributed by atoms with Gasteiger partial charge in [-0.25, -0.2) is 9.59 Å². The fourth-order valence-corrected chi connectivity index (χ4v) is 3.17. The highest BCUT2D eigenvalue weighted by atomic mass is 32.1. The van der Waals surface area contributed by atoms with Gasteiger partial charge >= 0.3 is 11.9 Å². The molecule has 23 heavy (non-hydrogen) atoms. The SMILES string of the molecule is COC(=O)c1sccc1NC(=O)C[C@@H]1OC(=O)c2ccccc21. The van der Waals surface area contributed by atoms with Crippen LogP contribution < -0.4 is 5.32 Å². The number of benzene rings is 1. The Morgan fingerprint density at radius 1 is 1.30 bits per heavy atom. The number of thiophene rings is 1. The lowest BCUT2D eigenvalue weighted by atomic mass is 10.0. The Hall–Kier alpha value is -2.67. The van der Waals surface area contributed by atoms with Gasteiger partial charge < -0.3 is 14.8 Å². The summed E-state index contributed by atoms with van der Waals surface area (Å²) in [7, 11) is 1.28. The van der Waals surface area contributed by atoms with E-state index in [4.69, 9.17) is 4.74 Å². The third kappa shape index (κ3) is 2.95. The summed E-state index contributed by atoms with van der Waals surface area (Å²) in [5.41, 5.74) is 1.58. The number of anilines is 1. The molecule has 0 aliphatic carbocycles. The van der Waals surface area contributed by atoms with E-state index in [0.717, 1.165) is 0 Å². The van der Waals surface area contributed by atoms with Crippen LogP contribution in [0.15, 0.2) is 35.7 Å². The smallest absolute Gasteiger partial charge is 0.350 e. The van der Waals surface area contributed by atoms with Gasteiger partial charge in [-0.15, -0.1) is 11.3 Å². The number of cyclic esters (lactones) is 1. The Morgan fingerprint density at radius 3 is 2.87 bits per heavy atom. The van der Waals surface area contributed by atoms with Crippen molar-refractivity contribution in [2.75, 3.05) is 12.4 Å². The van der Waals surface area contributed by atoms with Crippen LogP contribution >= 0.6 is 11.3 Å². The Bertz CT molecular complexity index is 782. The highest BCUT2D eigenvalue weighted by Crippen LogP contribution is 2.33. The van der Waals surface area contributed by atoms with Crippen LogP contribution in [0.2, 0.25) is 0 Å². The first-order valence-electron chi connectivity index (χ1n) is 6.85. The predicted octanol–water partition coefficient (Wildman–Crippen LogP) is 2.78. The Labute approximate surface area is 136 Å². The molecule has 0 fully saturated rings. The fourth-order valence-electron chi connectivity index (χ4n) is 2.40. The first kappa shape index (κ1) is 15.2. The molecule has 1 aliphatic heterocycles. The van der Waals surface area contributed by atoms with Crippen LogP contribution in [0.3, 0.4) is 0 Å². The van der Waals surface area contributed by atoms with Gasteiger partial charge in [-0.3, -0.25) is 4.79 Å².